The predicted octanol–water partition coefficient (Wildman–Crippen LogP) is -0.961. The molecule has 2 aromatic rings. The molecule has 0 saturated carbocycles. The molecule has 11 heavy (non-hydrogen) atoms. The van der Waals surface area contributed by atoms with Crippen LogP contribution < -0.4 is 29.6 Å². The molecule has 1 aromatic heterocycles. The maximum absolute atomic E-state index is 4.15. The number of aromatic nitrogens is 1. The number of hydrogen-bond acceptors (Lipinski definition) is 1. The van der Waals surface area contributed by atoms with Gasteiger partial charge in [0.2, 0.25) is 0 Å². The van der Waals surface area contributed by atoms with Gasteiger partial charge in [-0.3, -0.25) is 0 Å². The monoisotopic (exact) mass is 151 g/mol. The van der Waals surface area contributed by atoms with E-state index < -0.39 is 0 Å². The van der Waals surface area contributed by atoms with Crippen molar-refractivity contribution in [1.29, 1.82) is 0 Å². The average molecular weight is 151 g/mol. The molecule has 0 saturated heterocycles. The third kappa shape index (κ3) is 1.80. The summed E-state index contributed by atoms with van der Waals surface area (Å²) in [6, 6.07) is 12.8. The second-order valence-corrected chi connectivity index (χ2v) is 2.11. The molecule has 1 aromatic carbocycles. The minimum Gasteiger partial charge on any atom is -0.306 e. The SMILES string of the molecule is [Na+].[c-]1cccc2ncccc12. The van der Waals surface area contributed by atoms with Gasteiger partial charge in [-0.05, 0) is 5.52 Å². The Kier molecular flexibility index (Phi) is 3.06. The second kappa shape index (κ2) is 3.86. The molecule has 2 heteroatoms. The number of nitrogens with zero attached hydrogens (tertiary/aromatic N) is 1. The summed E-state index contributed by atoms with van der Waals surface area (Å²) in [6.45, 7) is 0. The minimum absolute atomic E-state index is 0. The number of fused-ring (bicyclic) bond motifs is 1. The molecule has 0 spiro atoms. The van der Waals surface area contributed by atoms with E-state index in [0.29, 0.717) is 0 Å². The molecular weight excluding hydrogens is 145 g/mol. The molecule has 1 nitrogen and oxygen atoms in total. The van der Waals surface area contributed by atoms with Crippen LogP contribution in [0.1, 0.15) is 0 Å². The van der Waals surface area contributed by atoms with Crippen LogP contribution in [0.4, 0.5) is 0 Å². The van der Waals surface area contributed by atoms with Crippen molar-refractivity contribution in [3.63, 3.8) is 0 Å². The summed E-state index contributed by atoms with van der Waals surface area (Å²) in [7, 11) is 0. The van der Waals surface area contributed by atoms with Gasteiger partial charge in [-0.25, -0.2) is 0 Å². The van der Waals surface area contributed by atoms with Crippen LogP contribution in [0.5, 0.6) is 0 Å². The fraction of sp³-hybridized carbons (Fsp3) is 0. The number of pyridine rings is 1. The molecule has 0 bridgehead atoms. The molecule has 0 N–H and O–H groups in total. The van der Waals surface area contributed by atoms with Gasteiger partial charge in [0.15, 0.2) is 0 Å². The predicted molar refractivity (Wildman–Crippen MR) is 40.6 cm³/mol. The number of hydrogen-bond donors (Lipinski definition) is 0. The standard InChI is InChI=1S/C9H6N.Na/c1-2-6-9-8(4-1)5-3-7-10-9;/h1-3,5-7H;/q-1;+1. The first-order valence-corrected chi connectivity index (χ1v) is 3.18. The van der Waals surface area contributed by atoms with Crippen LogP contribution in [0.25, 0.3) is 10.9 Å². The average Bonchev–Trinajstić information content (AvgIpc) is 2.05. The normalized spacial score (nSPS) is 9.09. The molecule has 1 heterocycles. The zero-order valence-electron chi connectivity index (χ0n) is 6.41. The molecule has 0 unspecified atom stereocenters. The Morgan fingerprint density at radius 2 is 2.09 bits per heavy atom. The van der Waals surface area contributed by atoms with Crippen LogP contribution in [0, 0.1) is 6.07 Å². The van der Waals surface area contributed by atoms with E-state index in [1.165, 1.54) is 0 Å². The van der Waals surface area contributed by atoms with Crippen LogP contribution in [0.3, 0.4) is 0 Å². The summed E-state index contributed by atoms with van der Waals surface area (Å²) >= 11 is 0. The van der Waals surface area contributed by atoms with Crippen molar-refractivity contribution in [1.82, 2.24) is 4.98 Å². The fourth-order valence-corrected chi connectivity index (χ4v) is 0.950. The van der Waals surface area contributed by atoms with E-state index in [1.54, 1.807) is 6.20 Å². The molecule has 0 aliphatic heterocycles. The molecule has 0 fully saturated rings. The zero-order chi connectivity index (χ0) is 6.81. The quantitative estimate of drug-likeness (QED) is 0.349. The van der Waals surface area contributed by atoms with E-state index in [1.807, 2.05) is 30.3 Å². The largest absolute Gasteiger partial charge is 1.00 e. The maximum atomic E-state index is 4.15. The number of benzene rings is 1. The third-order valence-electron chi connectivity index (χ3n) is 1.43. The van der Waals surface area contributed by atoms with Crippen molar-refractivity contribution < 1.29 is 29.6 Å². The van der Waals surface area contributed by atoms with Gasteiger partial charge in [0, 0.05) is 6.20 Å². The zero-order valence-corrected chi connectivity index (χ0v) is 8.41. The second-order valence-electron chi connectivity index (χ2n) is 2.11. The van der Waals surface area contributed by atoms with Crippen molar-refractivity contribution >= 4 is 10.9 Å². The van der Waals surface area contributed by atoms with Gasteiger partial charge in [0.1, 0.15) is 0 Å². The van der Waals surface area contributed by atoms with Gasteiger partial charge in [-0.2, -0.15) is 0 Å². The third-order valence-corrected chi connectivity index (χ3v) is 1.43. The smallest absolute Gasteiger partial charge is 0.306 e. The van der Waals surface area contributed by atoms with Gasteiger partial charge in [0.05, 0.1) is 0 Å². The first-order chi connectivity index (χ1) is 4.97. The summed E-state index contributed by atoms with van der Waals surface area (Å²) < 4.78 is 0. The van der Waals surface area contributed by atoms with Gasteiger partial charge in [-0.1, -0.05) is 6.07 Å². The Bertz CT molecular complexity index is 281. The van der Waals surface area contributed by atoms with Gasteiger partial charge in [-0.15, -0.1) is 35.7 Å². The Labute approximate surface area is 87.7 Å². The van der Waals surface area contributed by atoms with Crippen LogP contribution >= 0.6 is 0 Å². The Morgan fingerprint density at radius 3 is 2.91 bits per heavy atom. The number of rotatable bonds is 0. The van der Waals surface area contributed by atoms with Gasteiger partial charge in [0.25, 0.3) is 0 Å². The van der Waals surface area contributed by atoms with Crippen LogP contribution in [0.15, 0.2) is 36.5 Å². The Balaban J connectivity index is 0.000000605. The van der Waals surface area contributed by atoms with Crippen molar-refractivity contribution in [2.75, 3.05) is 0 Å². The van der Waals surface area contributed by atoms with Gasteiger partial charge < -0.3 is 4.98 Å². The first-order valence-electron chi connectivity index (χ1n) is 3.18. The minimum atomic E-state index is 0. The topological polar surface area (TPSA) is 12.9 Å². The summed E-state index contributed by atoms with van der Waals surface area (Å²) in [6.07, 6.45) is 1.79. The van der Waals surface area contributed by atoms with E-state index >= 15 is 0 Å². The summed E-state index contributed by atoms with van der Waals surface area (Å²) in [4.78, 5) is 4.15. The van der Waals surface area contributed by atoms with Crippen LogP contribution in [-0.4, -0.2) is 4.98 Å². The molecule has 0 atom stereocenters. The van der Waals surface area contributed by atoms with E-state index in [2.05, 4.69) is 11.1 Å². The summed E-state index contributed by atoms with van der Waals surface area (Å²) in [5.74, 6) is 0. The molecule has 0 aliphatic rings. The first kappa shape index (κ1) is 8.72. The molecule has 0 aliphatic carbocycles. The molecule has 48 valence electrons. The molecule has 2 rings (SSSR count). The van der Waals surface area contributed by atoms with Crippen LogP contribution in [0.2, 0.25) is 0 Å². The fourth-order valence-electron chi connectivity index (χ4n) is 0.950. The van der Waals surface area contributed by atoms with Crippen molar-refractivity contribution in [3.8, 4) is 0 Å². The molecular formula is C9H6NNa. The van der Waals surface area contributed by atoms with Crippen molar-refractivity contribution in [3.05, 3.63) is 42.6 Å². The maximum Gasteiger partial charge on any atom is 1.00 e. The van der Waals surface area contributed by atoms with E-state index in [-0.39, 0.29) is 29.6 Å². The Hall–Kier alpha value is -0.370. The van der Waals surface area contributed by atoms with Crippen molar-refractivity contribution in [2.45, 2.75) is 0 Å². The van der Waals surface area contributed by atoms with E-state index in [9.17, 15) is 0 Å². The van der Waals surface area contributed by atoms with E-state index in [4.69, 9.17) is 0 Å². The Morgan fingerprint density at radius 1 is 1.18 bits per heavy atom. The van der Waals surface area contributed by atoms with Gasteiger partial charge >= 0.3 is 29.6 Å². The summed E-state index contributed by atoms with van der Waals surface area (Å²) in [5, 5.41) is 1.07. The van der Waals surface area contributed by atoms with Crippen molar-refractivity contribution in [2.24, 2.45) is 0 Å². The molecule has 0 amide bonds. The molecule has 0 radical (unpaired) electrons. The van der Waals surface area contributed by atoms with E-state index in [0.717, 1.165) is 10.9 Å². The summed E-state index contributed by atoms with van der Waals surface area (Å²) in [5.41, 5.74) is 1.00. The van der Waals surface area contributed by atoms with Crippen LogP contribution in [-0.2, 0) is 0 Å².